The number of nitrogens with two attached hydrogens (primary N) is 1. The van der Waals surface area contributed by atoms with Crippen molar-refractivity contribution in [1.29, 1.82) is 0 Å². The van der Waals surface area contributed by atoms with Gasteiger partial charge in [-0.05, 0) is 38.0 Å². The van der Waals surface area contributed by atoms with Gasteiger partial charge in [-0.2, -0.15) is 4.98 Å². The molecule has 1 heterocycles. The molecule has 0 bridgehead atoms. The minimum Gasteiger partial charge on any atom is -0.334 e. The lowest BCUT2D eigenvalue weighted by Gasteiger charge is -2.05. The maximum absolute atomic E-state index is 5.77. The van der Waals surface area contributed by atoms with Gasteiger partial charge in [-0.3, -0.25) is 0 Å². The average molecular weight is 217 g/mol. The molecule has 0 saturated heterocycles. The Morgan fingerprint density at radius 1 is 1.44 bits per heavy atom. The van der Waals surface area contributed by atoms with Crippen LogP contribution in [0.5, 0.6) is 0 Å². The van der Waals surface area contributed by atoms with Crippen molar-refractivity contribution in [2.75, 3.05) is 0 Å². The maximum Gasteiger partial charge on any atom is 0.257 e. The molecule has 1 atom stereocenters. The van der Waals surface area contributed by atoms with Gasteiger partial charge in [0.05, 0.1) is 0 Å². The topological polar surface area (TPSA) is 64.9 Å². The normalized spacial score (nSPS) is 12.7. The highest BCUT2D eigenvalue weighted by Crippen LogP contribution is 2.18. The Morgan fingerprint density at radius 3 is 2.88 bits per heavy atom. The molecule has 0 aliphatic heterocycles. The van der Waals surface area contributed by atoms with Crippen LogP contribution in [0.2, 0.25) is 0 Å². The summed E-state index contributed by atoms with van der Waals surface area (Å²) < 4.78 is 5.12. The second-order valence-corrected chi connectivity index (χ2v) is 4.03. The van der Waals surface area contributed by atoms with Crippen LogP contribution in [0.1, 0.15) is 18.3 Å². The van der Waals surface area contributed by atoms with Gasteiger partial charge in [0, 0.05) is 11.6 Å². The van der Waals surface area contributed by atoms with Crippen molar-refractivity contribution in [2.45, 2.75) is 26.3 Å². The standard InChI is InChI=1S/C12H15N3O/c1-8(13)6-10-4-3-5-11(7-10)12-14-9(2)15-16-12/h3-5,7-8H,6,13H2,1-2H3. The van der Waals surface area contributed by atoms with E-state index in [9.17, 15) is 0 Å². The van der Waals surface area contributed by atoms with Crippen LogP contribution in [0.15, 0.2) is 28.8 Å². The van der Waals surface area contributed by atoms with Crippen LogP contribution in [-0.2, 0) is 6.42 Å². The van der Waals surface area contributed by atoms with Crippen LogP contribution in [0.25, 0.3) is 11.5 Å². The van der Waals surface area contributed by atoms with E-state index in [-0.39, 0.29) is 6.04 Å². The van der Waals surface area contributed by atoms with Crippen molar-refractivity contribution >= 4 is 0 Å². The number of hydrogen-bond donors (Lipinski definition) is 1. The molecule has 0 aliphatic carbocycles. The van der Waals surface area contributed by atoms with Gasteiger partial charge in [-0.1, -0.05) is 17.3 Å². The fourth-order valence-corrected chi connectivity index (χ4v) is 1.62. The molecule has 1 aromatic carbocycles. The van der Waals surface area contributed by atoms with E-state index in [0.29, 0.717) is 11.7 Å². The minimum absolute atomic E-state index is 0.152. The molecular weight excluding hydrogens is 202 g/mol. The van der Waals surface area contributed by atoms with Crippen LogP contribution < -0.4 is 5.73 Å². The summed E-state index contributed by atoms with van der Waals surface area (Å²) in [4.78, 5) is 4.19. The van der Waals surface area contributed by atoms with Gasteiger partial charge in [0.15, 0.2) is 5.82 Å². The van der Waals surface area contributed by atoms with Gasteiger partial charge in [-0.15, -0.1) is 0 Å². The van der Waals surface area contributed by atoms with Crippen molar-refractivity contribution in [1.82, 2.24) is 10.1 Å². The van der Waals surface area contributed by atoms with Gasteiger partial charge >= 0.3 is 0 Å². The molecule has 1 aromatic heterocycles. The number of aromatic nitrogens is 2. The molecule has 84 valence electrons. The molecule has 2 aromatic rings. The summed E-state index contributed by atoms with van der Waals surface area (Å²) in [6.07, 6.45) is 0.848. The van der Waals surface area contributed by atoms with E-state index < -0.39 is 0 Å². The van der Waals surface area contributed by atoms with E-state index in [4.69, 9.17) is 10.3 Å². The molecule has 2 rings (SSSR count). The summed E-state index contributed by atoms with van der Waals surface area (Å²) in [5.74, 6) is 1.21. The van der Waals surface area contributed by atoms with Crippen molar-refractivity contribution in [3.8, 4) is 11.5 Å². The molecule has 0 spiro atoms. The minimum atomic E-state index is 0.152. The van der Waals surface area contributed by atoms with Crippen molar-refractivity contribution in [3.63, 3.8) is 0 Å². The average Bonchev–Trinajstić information content (AvgIpc) is 2.64. The van der Waals surface area contributed by atoms with Crippen LogP contribution in [0.3, 0.4) is 0 Å². The Morgan fingerprint density at radius 2 is 2.25 bits per heavy atom. The summed E-state index contributed by atoms with van der Waals surface area (Å²) in [7, 11) is 0. The van der Waals surface area contributed by atoms with Gasteiger partial charge < -0.3 is 10.3 Å². The van der Waals surface area contributed by atoms with E-state index in [1.165, 1.54) is 5.56 Å². The quantitative estimate of drug-likeness (QED) is 0.853. The molecular formula is C12H15N3O. The maximum atomic E-state index is 5.77. The molecule has 0 radical (unpaired) electrons. The van der Waals surface area contributed by atoms with Gasteiger partial charge in [-0.25, -0.2) is 0 Å². The number of benzene rings is 1. The molecule has 1 unspecified atom stereocenters. The highest BCUT2D eigenvalue weighted by Gasteiger charge is 2.07. The Bertz CT molecular complexity index is 477. The SMILES string of the molecule is Cc1noc(-c2cccc(CC(C)N)c2)n1. The van der Waals surface area contributed by atoms with Crippen molar-refractivity contribution in [2.24, 2.45) is 5.73 Å². The van der Waals surface area contributed by atoms with E-state index in [1.807, 2.05) is 25.1 Å². The Balaban J connectivity index is 2.28. The Labute approximate surface area is 94.5 Å². The van der Waals surface area contributed by atoms with Crippen molar-refractivity contribution < 1.29 is 4.52 Å². The third-order valence-electron chi connectivity index (χ3n) is 2.26. The van der Waals surface area contributed by atoms with Crippen LogP contribution in [0, 0.1) is 6.92 Å². The third kappa shape index (κ3) is 2.46. The lowest BCUT2D eigenvalue weighted by atomic mass is 10.0. The fourth-order valence-electron chi connectivity index (χ4n) is 1.62. The zero-order valence-electron chi connectivity index (χ0n) is 9.47. The van der Waals surface area contributed by atoms with E-state index in [0.717, 1.165) is 12.0 Å². The van der Waals surface area contributed by atoms with Gasteiger partial charge in [0.2, 0.25) is 0 Å². The molecule has 0 saturated carbocycles. The zero-order valence-corrected chi connectivity index (χ0v) is 9.47. The molecule has 2 N–H and O–H groups in total. The first-order valence-electron chi connectivity index (χ1n) is 5.30. The highest BCUT2D eigenvalue weighted by atomic mass is 16.5. The monoisotopic (exact) mass is 217 g/mol. The number of aryl methyl sites for hydroxylation is 1. The first kappa shape index (κ1) is 10.8. The molecule has 4 heteroatoms. The predicted molar refractivity (Wildman–Crippen MR) is 61.8 cm³/mol. The first-order valence-corrected chi connectivity index (χ1v) is 5.30. The summed E-state index contributed by atoms with van der Waals surface area (Å²) in [6, 6.07) is 8.18. The zero-order chi connectivity index (χ0) is 11.5. The molecule has 4 nitrogen and oxygen atoms in total. The summed E-state index contributed by atoms with van der Waals surface area (Å²) in [5.41, 5.74) is 7.89. The number of nitrogens with zero attached hydrogens (tertiary/aromatic N) is 2. The van der Waals surface area contributed by atoms with Gasteiger partial charge in [0.1, 0.15) is 0 Å². The van der Waals surface area contributed by atoms with Crippen LogP contribution >= 0.6 is 0 Å². The fraction of sp³-hybridized carbons (Fsp3) is 0.333. The first-order chi connectivity index (χ1) is 7.65. The molecule has 0 fully saturated rings. The van der Waals surface area contributed by atoms with E-state index in [2.05, 4.69) is 16.2 Å². The lowest BCUT2D eigenvalue weighted by molar-refractivity contribution is 0.425. The van der Waals surface area contributed by atoms with Crippen molar-refractivity contribution in [3.05, 3.63) is 35.7 Å². The second kappa shape index (κ2) is 4.45. The van der Waals surface area contributed by atoms with E-state index in [1.54, 1.807) is 6.92 Å². The second-order valence-electron chi connectivity index (χ2n) is 4.03. The van der Waals surface area contributed by atoms with Crippen LogP contribution in [0.4, 0.5) is 0 Å². The lowest BCUT2D eigenvalue weighted by Crippen LogP contribution is -2.17. The molecule has 0 amide bonds. The Hall–Kier alpha value is -1.68. The third-order valence-corrected chi connectivity index (χ3v) is 2.26. The summed E-state index contributed by atoms with van der Waals surface area (Å²) >= 11 is 0. The summed E-state index contributed by atoms with van der Waals surface area (Å²) in [5, 5.41) is 3.77. The summed E-state index contributed by atoms with van der Waals surface area (Å²) in [6.45, 7) is 3.79. The Kier molecular flexibility index (Phi) is 3.01. The predicted octanol–water partition coefficient (Wildman–Crippen LogP) is 1.93. The smallest absolute Gasteiger partial charge is 0.257 e. The molecule has 0 aliphatic rings. The molecule has 16 heavy (non-hydrogen) atoms. The van der Waals surface area contributed by atoms with Gasteiger partial charge in [0.25, 0.3) is 5.89 Å². The highest BCUT2D eigenvalue weighted by molar-refractivity contribution is 5.54. The number of rotatable bonds is 3. The van der Waals surface area contributed by atoms with Crippen LogP contribution in [-0.4, -0.2) is 16.2 Å². The largest absolute Gasteiger partial charge is 0.334 e. The number of hydrogen-bond acceptors (Lipinski definition) is 4. The van der Waals surface area contributed by atoms with E-state index >= 15 is 0 Å².